The van der Waals surface area contributed by atoms with Crippen LogP contribution in [-0.2, 0) is 10.0 Å². The van der Waals surface area contributed by atoms with E-state index in [-0.39, 0.29) is 38.9 Å². The molecule has 2 aromatic carbocycles. The molecule has 0 amide bonds. The quantitative estimate of drug-likeness (QED) is 0.274. The van der Waals surface area contributed by atoms with Crippen LogP contribution < -0.4 is 15.6 Å². The predicted octanol–water partition coefficient (Wildman–Crippen LogP) is 5.31. The monoisotopic (exact) mass is 613 g/mol. The summed E-state index contributed by atoms with van der Waals surface area (Å²) >= 11 is 6.03. The summed E-state index contributed by atoms with van der Waals surface area (Å²) in [6.07, 6.45) is 5.71. The van der Waals surface area contributed by atoms with Crippen LogP contribution in [0, 0.1) is 5.82 Å². The third-order valence-corrected chi connectivity index (χ3v) is 9.39. The lowest BCUT2D eigenvalue weighted by molar-refractivity contribution is 0.221. The van der Waals surface area contributed by atoms with Crippen LogP contribution >= 0.6 is 11.6 Å². The SMILES string of the molecule is CC(C)n1c(=O)c(-c2ccc(NS(=O)(=O)c3ccccc3Cl)c(F)c2)nc2cnc(NC3CCC(N(C)C)CC3)nc21. The molecule has 0 saturated heterocycles. The smallest absolute Gasteiger partial charge is 0.278 e. The summed E-state index contributed by atoms with van der Waals surface area (Å²) < 4.78 is 44.5. The van der Waals surface area contributed by atoms with Crippen molar-refractivity contribution >= 4 is 44.4 Å². The van der Waals surface area contributed by atoms with Crippen LogP contribution in [0.1, 0.15) is 45.6 Å². The Morgan fingerprint density at radius 2 is 1.79 bits per heavy atom. The van der Waals surface area contributed by atoms with Crippen LogP contribution in [-0.4, -0.2) is 59.0 Å². The van der Waals surface area contributed by atoms with E-state index in [1.54, 1.807) is 12.3 Å². The Morgan fingerprint density at radius 3 is 2.43 bits per heavy atom. The molecule has 2 N–H and O–H groups in total. The average molecular weight is 614 g/mol. The Morgan fingerprint density at radius 1 is 1.07 bits per heavy atom. The van der Waals surface area contributed by atoms with E-state index in [2.05, 4.69) is 44.0 Å². The summed E-state index contributed by atoms with van der Waals surface area (Å²) in [6.45, 7) is 3.71. The highest BCUT2D eigenvalue weighted by molar-refractivity contribution is 7.92. The van der Waals surface area contributed by atoms with Gasteiger partial charge in [0.1, 0.15) is 21.9 Å². The molecular weight excluding hydrogens is 581 g/mol. The van der Waals surface area contributed by atoms with Crippen molar-refractivity contribution in [3.8, 4) is 11.3 Å². The van der Waals surface area contributed by atoms with Gasteiger partial charge in [-0.25, -0.2) is 22.8 Å². The van der Waals surface area contributed by atoms with Crippen molar-refractivity contribution in [2.24, 2.45) is 0 Å². The molecule has 0 aliphatic heterocycles. The molecule has 1 aliphatic carbocycles. The van der Waals surface area contributed by atoms with Crippen LogP contribution in [0.2, 0.25) is 5.02 Å². The number of aromatic nitrogens is 4. The molecule has 1 fully saturated rings. The van der Waals surface area contributed by atoms with E-state index < -0.39 is 21.4 Å². The van der Waals surface area contributed by atoms with Crippen LogP contribution in [0.3, 0.4) is 0 Å². The normalized spacial score (nSPS) is 17.6. The first-order chi connectivity index (χ1) is 19.9. The summed E-state index contributed by atoms with van der Waals surface area (Å²) in [6, 6.07) is 10.2. The minimum absolute atomic E-state index is 0.00179. The molecule has 1 saturated carbocycles. The maximum absolute atomic E-state index is 15.2. The van der Waals surface area contributed by atoms with Crippen molar-refractivity contribution in [1.29, 1.82) is 0 Å². The van der Waals surface area contributed by atoms with Crippen molar-refractivity contribution in [2.45, 2.75) is 62.6 Å². The van der Waals surface area contributed by atoms with Gasteiger partial charge in [-0.15, -0.1) is 0 Å². The topological polar surface area (TPSA) is 122 Å². The first-order valence-electron chi connectivity index (χ1n) is 13.7. The fourth-order valence-electron chi connectivity index (χ4n) is 5.26. The Hall–Kier alpha value is -3.61. The van der Waals surface area contributed by atoms with Gasteiger partial charge in [0.2, 0.25) is 5.95 Å². The average Bonchev–Trinajstić information content (AvgIpc) is 2.94. The van der Waals surface area contributed by atoms with Crippen molar-refractivity contribution in [3.05, 3.63) is 69.9 Å². The first-order valence-corrected chi connectivity index (χ1v) is 15.6. The lowest BCUT2D eigenvalue weighted by atomic mass is 9.91. The third-order valence-electron chi connectivity index (χ3n) is 7.52. The summed E-state index contributed by atoms with van der Waals surface area (Å²) in [5.41, 5.74) is 0.211. The lowest BCUT2D eigenvalue weighted by Crippen LogP contribution is -2.36. The molecule has 10 nitrogen and oxygen atoms in total. The van der Waals surface area contributed by atoms with Crippen LogP contribution in [0.5, 0.6) is 0 Å². The highest BCUT2D eigenvalue weighted by Gasteiger charge is 2.24. The van der Waals surface area contributed by atoms with Crippen LogP contribution in [0.25, 0.3) is 22.4 Å². The number of anilines is 2. The first kappa shape index (κ1) is 29.9. The molecule has 0 unspecified atom stereocenters. The highest BCUT2D eigenvalue weighted by atomic mass is 35.5. The Bertz CT molecular complexity index is 1790. The van der Waals surface area contributed by atoms with Crippen molar-refractivity contribution in [3.63, 3.8) is 0 Å². The molecular formula is C29H33ClFN7O3S. The second kappa shape index (κ2) is 11.9. The summed E-state index contributed by atoms with van der Waals surface area (Å²) in [5.74, 6) is -0.444. The molecule has 0 spiro atoms. The largest absolute Gasteiger partial charge is 0.351 e. The molecule has 4 aromatic rings. The number of nitrogens with zero attached hydrogens (tertiary/aromatic N) is 5. The van der Waals surface area contributed by atoms with E-state index in [0.717, 1.165) is 31.7 Å². The Kier molecular flexibility index (Phi) is 8.49. The highest BCUT2D eigenvalue weighted by Crippen LogP contribution is 2.28. The van der Waals surface area contributed by atoms with E-state index >= 15 is 4.39 Å². The fourth-order valence-corrected chi connectivity index (χ4v) is 6.85. The van der Waals surface area contributed by atoms with E-state index in [9.17, 15) is 13.2 Å². The number of fused-ring (bicyclic) bond motifs is 1. The van der Waals surface area contributed by atoms with E-state index in [1.807, 2.05) is 13.8 Å². The van der Waals surface area contributed by atoms with Crippen molar-refractivity contribution in [2.75, 3.05) is 24.1 Å². The van der Waals surface area contributed by atoms with E-state index in [4.69, 9.17) is 11.6 Å². The lowest BCUT2D eigenvalue weighted by Gasteiger charge is -2.32. The van der Waals surface area contributed by atoms with E-state index in [1.165, 1.54) is 34.9 Å². The second-order valence-corrected chi connectivity index (χ2v) is 13.0. The van der Waals surface area contributed by atoms with Gasteiger partial charge in [-0.1, -0.05) is 29.8 Å². The molecule has 2 aromatic heterocycles. The zero-order chi connectivity index (χ0) is 30.2. The fraction of sp³-hybridized carbons (Fsp3) is 0.379. The standard InChI is InChI=1S/C29H33ClFN7O3S/c1-17(2)38-27-24(16-32-29(35-27)33-19-10-12-20(13-11-19)37(3)4)34-26(28(38)39)18-9-14-23(22(31)15-18)36-42(40,41)25-8-6-5-7-21(25)30/h5-9,14-17,19-20,36H,10-13H2,1-4H3,(H,32,33,35). The number of nitrogens with one attached hydrogen (secondary N) is 2. The molecule has 2 heterocycles. The van der Waals surface area contributed by atoms with Gasteiger partial charge in [0, 0.05) is 23.7 Å². The Balaban J connectivity index is 1.45. The third kappa shape index (κ3) is 6.11. The van der Waals surface area contributed by atoms with Gasteiger partial charge in [-0.2, -0.15) is 4.98 Å². The van der Waals surface area contributed by atoms with Gasteiger partial charge in [0.25, 0.3) is 15.6 Å². The van der Waals surface area contributed by atoms with Gasteiger partial charge in [-0.3, -0.25) is 14.1 Å². The number of rotatable bonds is 8. The number of halogens is 2. The molecule has 1 aliphatic rings. The zero-order valence-corrected chi connectivity index (χ0v) is 25.4. The maximum Gasteiger partial charge on any atom is 0.278 e. The molecule has 0 atom stereocenters. The second-order valence-electron chi connectivity index (χ2n) is 11.0. The molecule has 5 rings (SSSR count). The maximum atomic E-state index is 15.2. The van der Waals surface area contributed by atoms with Crippen LogP contribution in [0.4, 0.5) is 16.0 Å². The zero-order valence-electron chi connectivity index (χ0n) is 23.8. The van der Waals surface area contributed by atoms with Crippen LogP contribution in [0.15, 0.2) is 58.4 Å². The van der Waals surface area contributed by atoms with Crippen molar-refractivity contribution in [1.82, 2.24) is 24.4 Å². The molecule has 13 heteroatoms. The van der Waals surface area contributed by atoms with Crippen molar-refractivity contribution < 1.29 is 12.8 Å². The summed E-state index contributed by atoms with van der Waals surface area (Å²) in [7, 11) is 0.0533. The summed E-state index contributed by atoms with van der Waals surface area (Å²) in [5, 5.41) is 3.42. The van der Waals surface area contributed by atoms with Gasteiger partial charge >= 0.3 is 0 Å². The number of hydrogen-bond acceptors (Lipinski definition) is 8. The summed E-state index contributed by atoms with van der Waals surface area (Å²) in [4.78, 5) is 29.3. The molecule has 222 valence electrons. The van der Waals surface area contributed by atoms with Gasteiger partial charge in [0.05, 0.1) is 16.9 Å². The Labute approximate surface area is 249 Å². The number of hydrogen-bond donors (Lipinski definition) is 2. The molecule has 0 bridgehead atoms. The van der Waals surface area contributed by atoms with Gasteiger partial charge in [-0.05, 0) is 77.9 Å². The minimum Gasteiger partial charge on any atom is -0.351 e. The molecule has 0 radical (unpaired) electrons. The van der Waals surface area contributed by atoms with Gasteiger partial charge < -0.3 is 10.2 Å². The molecule has 42 heavy (non-hydrogen) atoms. The minimum atomic E-state index is -4.15. The number of benzene rings is 2. The van der Waals surface area contributed by atoms with E-state index in [0.29, 0.717) is 23.2 Å². The predicted molar refractivity (Wildman–Crippen MR) is 163 cm³/mol. The van der Waals surface area contributed by atoms with Gasteiger partial charge in [0.15, 0.2) is 5.65 Å². The number of sulfonamides is 1.